The van der Waals surface area contributed by atoms with Crippen molar-refractivity contribution in [2.75, 3.05) is 6.61 Å². The first-order valence-corrected chi connectivity index (χ1v) is 9.16. The van der Waals surface area contributed by atoms with Crippen molar-refractivity contribution in [1.82, 2.24) is 0 Å². The van der Waals surface area contributed by atoms with Crippen LogP contribution in [0.5, 0.6) is 0 Å². The maximum atomic E-state index is 10.0. The molecule has 1 saturated heterocycles. The molecule has 2 aliphatic carbocycles. The summed E-state index contributed by atoms with van der Waals surface area (Å²) in [6.45, 7) is 13.7. The van der Waals surface area contributed by atoms with Gasteiger partial charge in [0.05, 0.1) is 11.2 Å². The minimum Gasteiger partial charge on any atom is -0.396 e. The number of aliphatic hydroxyl groups excluding tert-OH is 1. The fourth-order valence-electron chi connectivity index (χ4n) is 6.52. The Morgan fingerprint density at radius 3 is 2.36 bits per heavy atom. The van der Waals surface area contributed by atoms with Crippen LogP contribution in [-0.4, -0.2) is 22.9 Å². The second kappa shape index (κ2) is 5.08. The summed E-state index contributed by atoms with van der Waals surface area (Å²) in [4.78, 5) is 0. The molecular formula is C20H34O2. The molecule has 0 amide bonds. The fraction of sp³-hybridized carbons (Fsp3) is 0.900. The van der Waals surface area contributed by atoms with E-state index in [2.05, 4.69) is 34.3 Å². The van der Waals surface area contributed by atoms with Gasteiger partial charge in [-0.25, -0.2) is 0 Å². The van der Waals surface area contributed by atoms with Crippen molar-refractivity contribution >= 4 is 0 Å². The average Bonchev–Trinajstić information content (AvgIpc) is 2.46. The number of aliphatic hydroxyl groups is 1. The van der Waals surface area contributed by atoms with Crippen LogP contribution in [0.3, 0.4) is 0 Å². The van der Waals surface area contributed by atoms with Crippen molar-refractivity contribution in [1.29, 1.82) is 0 Å². The smallest absolute Gasteiger partial charge is 0.0839 e. The van der Waals surface area contributed by atoms with E-state index in [1.807, 2.05) is 6.08 Å². The Morgan fingerprint density at radius 1 is 1.05 bits per heavy atom. The minimum absolute atomic E-state index is 0.0276. The second-order valence-electron chi connectivity index (χ2n) is 9.29. The molecule has 0 aromatic carbocycles. The maximum absolute atomic E-state index is 10.0. The van der Waals surface area contributed by atoms with Crippen LogP contribution in [0.15, 0.2) is 12.7 Å². The van der Waals surface area contributed by atoms with Gasteiger partial charge in [-0.2, -0.15) is 0 Å². The van der Waals surface area contributed by atoms with Gasteiger partial charge in [-0.3, -0.25) is 0 Å². The normalized spacial score (nSPS) is 55.1. The Morgan fingerprint density at radius 2 is 1.73 bits per heavy atom. The molecule has 3 fully saturated rings. The molecule has 2 nitrogen and oxygen atoms in total. The Hall–Kier alpha value is -0.340. The molecule has 2 saturated carbocycles. The summed E-state index contributed by atoms with van der Waals surface area (Å²) in [7, 11) is 0. The van der Waals surface area contributed by atoms with Gasteiger partial charge >= 0.3 is 0 Å². The molecule has 3 rings (SSSR count). The molecule has 0 unspecified atom stereocenters. The van der Waals surface area contributed by atoms with Gasteiger partial charge in [-0.1, -0.05) is 26.3 Å². The molecule has 3 aliphatic rings. The molecule has 1 N–H and O–H groups in total. The van der Waals surface area contributed by atoms with Crippen LogP contribution >= 0.6 is 0 Å². The van der Waals surface area contributed by atoms with Gasteiger partial charge in [0.1, 0.15) is 0 Å². The van der Waals surface area contributed by atoms with E-state index >= 15 is 0 Å². The molecule has 0 aromatic heterocycles. The lowest BCUT2D eigenvalue weighted by atomic mass is 9.44. The predicted molar refractivity (Wildman–Crippen MR) is 90.7 cm³/mol. The highest BCUT2D eigenvalue weighted by Crippen LogP contribution is 2.65. The van der Waals surface area contributed by atoms with Gasteiger partial charge in [0.2, 0.25) is 0 Å². The molecule has 0 spiro atoms. The third-order valence-corrected chi connectivity index (χ3v) is 7.75. The Balaban J connectivity index is 1.94. The van der Waals surface area contributed by atoms with Crippen LogP contribution in [0, 0.1) is 22.7 Å². The lowest BCUT2D eigenvalue weighted by Crippen LogP contribution is -2.63. The first-order valence-electron chi connectivity index (χ1n) is 9.16. The number of fused-ring (bicyclic) bond motifs is 3. The zero-order valence-electron chi connectivity index (χ0n) is 15.0. The number of ether oxygens (including phenoxy) is 1. The van der Waals surface area contributed by atoms with Crippen molar-refractivity contribution in [3.8, 4) is 0 Å². The Kier molecular flexibility index (Phi) is 3.81. The highest BCUT2D eigenvalue weighted by Gasteiger charge is 2.61. The van der Waals surface area contributed by atoms with E-state index in [1.165, 1.54) is 32.1 Å². The number of hydrogen-bond acceptors (Lipinski definition) is 2. The van der Waals surface area contributed by atoms with Crippen molar-refractivity contribution in [3.05, 3.63) is 12.7 Å². The van der Waals surface area contributed by atoms with E-state index in [-0.39, 0.29) is 16.6 Å². The first-order chi connectivity index (χ1) is 10.2. The molecule has 2 heteroatoms. The van der Waals surface area contributed by atoms with Crippen LogP contribution in [0.2, 0.25) is 0 Å². The molecule has 22 heavy (non-hydrogen) atoms. The summed E-state index contributed by atoms with van der Waals surface area (Å²) in [5.74, 6) is 1.24. The molecule has 126 valence electrons. The minimum atomic E-state index is -0.163. The summed E-state index contributed by atoms with van der Waals surface area (Å²) in [5.41, 5.74) is 0.224. The molecule has 1 heterocycles. The zero-order valence-corrected chi connectivity index (χ0v) is 15.0. The van der Waals surface area contributed by atoms with Crippen LogP contribution in [0.4, 0.5) is 0 Å². The first kappa shape index (κ1) is 16.5. The maximum Gasteiger partial charge on any atom is 0.0839 e. The van der Waals surface area contributed by atoms with Crippen LogP contribution in [0.25, 0.3) is 0 Å². The Bertz CT molecular complexity index is 461. The van der Waals surface area contributed by atoms with Crippen LogP contribution < -0.4 is 0 Å². The highest BCUT2D eigenvalue weighted by atomic mass is 16.5. The van der Waals surface area contributed by atoms with Crippen LogP contribution in [0.1, 0.15) is 72.6 Å². The molecule has 6 atom stereocenters. The summed E-state index contributed by atoms with van der Waals surface area (Å²) in [6.07, 6.45) is 10.3. The summed E-state index contributed by atoms with van der Waals surface area (Å²) in [6, 6.07) is 0. The fourth-order valence-corrected chi connectivity index (χ4v) is 6.52. The van der Waals surface area contributed by atoms with Gasteiger partial charge in [0.25, 0.3) is 0 Å². The van der Waals surface area contributed by atoms with Gasteiger partial charge < -0.3 is 9.84 Å². The SMILES string of the molecule is C=C[C@]1(C)CC[C@@H]2[C@@]3(C)CCC[C@](C)(CO)[C@@H]3CC[C@@]2(C)O1. The molecule has 0 bridgehead atoms. The van der Waals surface area contributed by atoms with E-state index < -0.39 is 0 Å². The van der Waals surface area contributed by atoms with Gasteiger partial charge in [-0.15, -0.1) is 6.58 Å². The van der Waals surface area contributed by atoms with E-state index in [0.717, 1.165) is 12.8 Å². The van der Waals surface area contributed by atoms with E-state index in [0.29, 0.717) is 23.9 Å². The topological polar surface area (TPSA) is 29.5 Å². The van der Waals surface area contributed by atoms with Gasteiger partial charge in [-0.05, 0) is 75.0 Å². The largest absolute Gasteiger partial charge is 0.396 e. The number of hydrogen-bond donors (Lipinski definition) is 1. The van der Waals surface area contributed by atoms with Crippen molar-refractivity contribution in [2.45, 2.75) is 83.8 Å². The summed E-state index contributed by atoms with van der Waals surface area (Å²) in [5, 5.41) is 10.0. The lowest BCUT2D eigenvalue weighted by Gasteiger charge is -2.65. The van der Waals surface area contributed by atoms with Crippen molar-refractivity contribution in [3.63, 3.8) is 0 Å². The van der Waals surface area contributed by atoms with E-state index in [1.54, 1.807) is 0 Å². The molecular weight excluding hydrogens is 272 g/mol. The van der Waals surface area contributed by atoms with Crippen molar-refractivity contribution < 1.29 is 9.84 Å². The van der Waals surface area contributed by atoms with E-state index in [9.17, 15) is 5.11 Å². The molecule has 1 aliphatic heterocycles. The Labute approximate surface area is 136 Å². The molecule has 0 radical (unpaired) electrons. The third-order valence-electron chi connectivity index (χ3n) is 7.75. The summed E-state index contributed by atoms with van der Waals surface area (Å²) < 4.78 is 6.65. The van der Waals surface area contributed by atoms with Crippen molar-refractivity contribution in [2.24, 2.45) is 22.7 Å². The third kappa shape index (κ3) is 2.21. The lowest BCUT2D eigenvalue weighted by molar-refractivity contribution is -0.256. The highest BCUT2D eigenvalue weighted by molar-refractivity contribution is 5.13. The molecule has 0 aromatic rings. The van der Waals surface area contributed by atoms with Gasteiger partial charge in [0.15, 0.2) is 0 Å². The monoisotopic (exact) mass is 306 g/mol. The standard InChI is InChI=1S/C20H34O2/c1-6-18(3)12-8-16-19(4)11-7-10-17(2,14-21)15(19)9-13-20(16,5)22-18/h6,15-16,21H,1,7-14H2,2-5H3/t15-,16+,17+,18+,19-,20+/m0/s1. The van der Waals surface area contributed by atoms with Crippen LogP contribution in [-0.2, 0) is 4.74 Å². The average molecular weight is 306 g/mol. The second-order valence-corrected chi connectivity index (χ2v) is 9.29. The summed E-state index contributed by atoms with van der Waals surface area (Å²) >= 11 is 0. The van der Waals surface area contributed by atoms with Gasteiger partial charge in [0, 0.05) is 6.61 Å². The quantitative estimate of drug-likeness (QED) is 0.748. The predicted octanol–water partition coefficient (Wildman–Crippen LogP) is 4.72. The number of rotatable bonds is 2. The van der Waals surface area contributed by atoms with E-state index in [4.69, 9.17) is 4.74 Å². The zero-order chi connectivity index (χ0) is 16.2.